The van der Waals surface area contributed by atoms with Crippen LogP contribution >= 0.6 is 0 Å². The van der Waals surface area contributed by atoms with Gasteiger partial charge >= 0.3 is 0 Å². The Hall–Kier alpha value is -2.40. The third-order valence-corrected chi connectivity index (χ3v) is 4.28. The fourth-order valence-electron chi connectivity index (χ4n) is 3.18. The highest BCUT2D eigenvalue weighted by Crippen LogP contribution is 2.33. The van der Waals surface area contributed by atoms with Gasteiger partial charge in [0.2, 0.25) is 5.89 Å². The second-order valence-electron chi connectivity index (χ2n) is 6.01. The van der Waals surface area contributed by atoms with Crippen molar-refractivity contribution in [3.05, 3.63) is 59.8 Å². The smallest absolute Gasteiger partial charge is 0.226 e. The molecule has 1 aliphatic rings. The molecule has 5 heteroatoms. The summed E-state index contributed by atoms with van der Waals surface area (Å²) in [4.78, 5) is 7.00. The molecular weight excluding hydrogens is 290 g/mol. The van der Waals surface area contributed by atoms with Gasteiger partial charge < -0.3 is 8.94 Å². The van der Waals surface area contributed by atoms with Gasteiger partial charge in [0.15, 0.2) is 5.76 Å². The Balaban J connectivity index is 1.50. The molecule has 0 amide bonds. The molecule has 0 radical (unpaired) electrons. The van der Waals surface area contributed by atoms with Crippen LogP contribution in [0.15, 0.2) is 51.6 Å². The number of likely N-dealkylation sites (tertiary alicyclic amines) is 1. The van der Waals surface area contributed by atoms with Crippen molar-refractivity contribution >= 4 is 0 Å². The van der Waals surface area contributed by atoms with E-state index >= 15 is 0 Å². The van der Waals surface area contributed by atoms with Gasteiger partial charge in [-0.15, -0.1) is 0 Å². The number of oxazole rings is 1. The second-order valence-corrected chi connectivity index (χ2v) is 6.01. The Bertz CT molecular complexity index is 778. The fraction of sp³-hybridized carbons (Fsp3) is 0.333. The van der Waals surface area contributed by atoms with E-state index in [1.54, 1.807) is 6.26 Å². The molecule has 23 heavy (non-hydrogen) atoms. The van der Waals surface area contributed by atoms with E-state index in [4.69, 9.17) is 8.94 Å². The van der Waals surface area contributed by atoms with E-state index in [0.717, 1.165) is 48.6 Å². The zero-order chi connectivity index (χ0) is 15.6. The molecular formula is C18H19N3O2. The highest BCUT2D eigenvalue weighted by atomic mass is 16.5. The van der Waals surface area contributed by atoms with Crippen molar-refractivity contribution in [2.24, 2.45) is 0 Å². The van der Waals surface area contributed by atoms with E-state index in [1.807, 2.05) is 43.3 Å². The second kappa shape index (κ2) is 6.01. The first-order valence-electron chi connectivity index (χ1n) is 7.97. The Kier molecular flexibility index (Phi) is 3.71. The number of aromatic nitrogens is 2. The van der Waals surface area contributed by atoms with Gasteiger partial charge in [-0.3, -0.25) is 4.90 Å². The standard InChI is InChI=1S/C18H19N3O2/c1-13-10-17(23-20-13)16-8-5-9-21(16)11-15-12-22-18(19-15)14-6-3-2-4-7-14/h2-4,6-7,10,12,16H,5,8-9,11H2,1H3. The predicted octanol–water partition coefficient (Wildman–Crippen LogP) is 3.98. The Morgan fingerprint density at radius 1 is 1.26 bits per heavy atom. The van der Waals surface area contributed by atoms with Crippen LogP contribution in [-0.2, 0) is 6.54 Å². The molecule has 0 bridgehead atoms. The van der Waals surface area contributed by atoms with Crippen LogP contribution in [-0.4, -0.2) is 21.6 Å². The van der Waals surface area contributed by atoms with Crippen LogP contribution < -0.4 is 0 Å². The van der Waals surface area contributed by atoms with Gasteiger partial charge in [0.1, 0.15) is 6.26 Å². The summed E-state index contributed by atoms with van der Waals surface area (Å²) in [5.74, 6) is 1.62. The van der Waals surface area contributed by atoms with E-state index in [0.29, 0.717) is 5.89 Å². The van der Waals surface area contributed by atoms with E-state index in [-0.39, 0.29) is 6.04 Å². The summed E-state index contributed by atoms with van der Waals surface area (Å²) < 4.78 is 11.1. The normalized spacial score (nSPS) is 18.6. The highest BCUT2D eigenvalue weighted by Gasteiger charge is 2.29. The number of hydrogen-bond acceptors (Lipinski definition) is 5. The van der Waals surface area contributed by atoms with Gasteiger partial charge in [-0.25, -0.2) is 4.98 Å². The Morgan fingerprint density at radius 3 is 2.91 bits per heavy atom. The maximum absolute atomic E-state index is 5.63. The van der Waals surface area contributed by atoms with Crippen LogP contribution in [0.2, 0.25) is 0 Å². The van der Waals surface area contributed by atoms with Gasteiger partial charge in [-0.1, -0.05) is 23.4 Å². The molecule has 2 aromatic heterocycles. The van der Waals surface area contributed by atoms with Crippen molar-refractivity contribution in [3.8, 4) is 11.5 Å². The van der Waals surface area contributed by atoms with Crippen LogP contribution in [0.25, 0.3) is 11.5 Å². The largest absolute Gasteiger partial charge is 0.444 e. The third-order valence-electron chi connectivity index (χ3n) is 4.28. The van der Waals surface area contributed by atoms with Crippen molar-refractivity contribution in [1.29, 1.82) is 0 Å². The average Bonchev–Trinajstić information content (AvgIpc) is 3.29. The number of aryl methyl sites for hydroxylation is 1. The van der Waals surface area contributed by atoms with Crippen LogP contribution in [0, 0.1) is 6.92 Å². The summed E-state index contributed by atoms with van der Waals surface area (Å²) in [6.07, 6.45) is 4.01. The molecule has 1 unspecified atom stereocenters. The van der Waals surface area contributed by atoms with E-state index in [2.05, 4.69) is 15.0 Å². The molecule has 1 atom stereocenters. The molecule has 3 heterocycles. The molecule has 0 aliphatic carbocycles. The zero-order valence-electron chi connectivity index (χ0n) is 13.1. The van der Waals surface area contributed by atoms with Gasteiger partial charge in [-0.2, -0.15) is 0 Å². The molecule has 1 fully saturated rings. The van der Waals surface area contributed by atoms with E-state index < -0.39 is 0 Å². The molecule has 1 aromatic carbocycles. The lowest BCUT2D eigenvalue weighted by Crippen LogP contribution is -2.22. The monoisotopic (exact) mass is 309 g/mol. The van der Waals surface area contributed by atoms with Gasteiger partial charge in [-0.05, 0) is 38.4 Å². The fourth-order valence-corrected chi connectivity index (χ4v) is 3.18. The summed E-state index contributed by atoms with van der Waals surface area (Å²) in [6.45, 7) is 3.76. The number of benzene rings is 1. The summed E-state index contributed by atoms with van der Waals surface area (Å²) in [5, 5.41) is 4.01. The van der Waals surface area contributed by atoms with Crippen LogP contribution in [0.1, 0.15) is 36.0 Å². The van der Waals surface area contributed by atoms with Crippen LogP contribution in [0.3, 0.4) is 0 Å². The number of rotatable bonds is 4. The minimum atomic E-state index is 0.285. The van der Waals surface area contributed by atoms with Crippen molar-refractivity contribution < 1.29 is 8.94 Å². The molecule has 118 valence electrons. The van der Waals surface area contributed by atoms with Crippen molar-refractivity contribution in [2.75, 3.05) is 6.54 Å². The molecule has 1 saturated heterocycles. The summed E-state index contributed by atoms with van der Waals surface area (Å²) in [5.41, 5.74) is 2.88. The molecule has 0 saturated carbocycles. The molecule has 3 aromatic rings. The highest BCUT2D eigenvalue weighted by molar-refractivity contribution is 5.52. The maximum Gasteiger partial charge on any atom is 0.226 e. The molecule has 1 aliphatic heterocycles. The average molecular weight is 309 g/mol. The molecule has 5 nitrogen and oxygen atoms in total. The van der Waals surface area contributed by atoms with Crippen molar-refractivity contribution in [2.45, 2.75) is 32.4 Å². The first-order valence-corrected chi connectivity index (χ1v) is 7.97. The SMILES string of the molecule is Cc1cc(C2CCCN2Cc2coc(-c3ccccc3)n2)on1. The summed E-state index contributed by atoms with van der Waals surface area (Å²) >= 11 is 0. The zero-order valence-corrected chi connectivity index (χ0v) is 13.1. The van der Waals surface area contributed by atoms with Gasteiger partial charge in [0, 0.05) is 18.2 Å². The first kappa shape index (κ1) is 14.2. The third kappa shape index (κ3) is 2.92. The summed E-state index contributed by atoms with van der Waals surface area (Å²) in [7, 11) is 0. The quantitative estimate of drug-likeness (QED) is 0.729. The molecule has 4 rings (SSSR count). The molecule has 0 spiro atoms. The lowest BCUT2D eigenvalue weighted by molar-refractivity contribution is 0.204. The van der Waals surface area contributed by atoms with Crippen LogP contribution in [0.5, 0.6) is 0 Å². The Morgan fingerprint density at radius 2 is 2.13 bits per heavy atom. The van der Waals surface area contributed by atoms with Crippen molar-refractivity contribution in [1.82, 2.24) is 15.0 Å². The first-order chi connectivity index (χ1) is 11.3. The lowest BCUT2D eigenvalue weighted by Gasteiger charge is -2.20. The lowest BCUT2D eigenvalue weighted by atomic mass is 10.1. The maximum atomic E-state index is 5.63. The number of hydrogen-bond donors (Lipinski definition) is 0. The topological polar surface area (TPSA) is 55.3 Å². The van der Waals surface area contributed by atoms with E-state index in [9.17, 15) is 0 Å². The minimum Gasteiger partial charge on any atom is -0.444 e. The van der Waals surface area contributed by atoms with Crippen molar-refractivity contribution in [3.63, 3.8) is 0 Å². The predicted molar refractivity (Wildman–Crippen MR) is 85.6 cm³/mol. The van der Waals surface area contributed by atoms with E-state index in [1.165, 1.54) is 0 Å². The minimum absolute atomic E-state index is 0.285. The van der Waals surface area contributed by atoms with Crippen LogP contribution in [0.4, 0.5) is 0 Å². The molecule has 0 N–H and O–H groups in total. The Labute approximate surface area is 134 Å². The number of nitrogens with zero attached hydrogens (tertiary/aromatic N) is 3. The summed E-state index contributed by atoms with van der Waals surface area (Å²) in [6, 6.07) is 12.3. The van der Waals surface area contributed by atoms with Gasteiger partial charge in [0.25, 0.3) is 0 Å². The van der Waals surface area contributed by atoms with Gasteiger partial charge in [0.05, 0.1) is 17.4 Å².